The fraction of sp³-hybridized carbons (Fsp3) is 0.412. The van der Waals surface area contributed by atoms with Gasteiger partial charge in [-0.2, -0.15) is 0 Å². The van der Waals surface area contributed by atoms with E-state index in [1.807, 2.05) is 31.3 Å². The van der Waals surface area contributed by atoms with Crippen LogP contribution in [0.5, 0.6) is 0 Å². The van der Waals surface area contributed by atoms with Crippen molar-refractivity contribution in [1.29, 1.82) is 0 Å². The van der Waals surface area contributed by atoms with Gasteiger partial charge in [-0.25, -0.2) is 4.98 Å². The Bertz CT molecular complexity index is 654. The van der Waals surface area contributed by atoms with Gasteiger partial charge in [-0.1, -0.05) is 56.8 Å². The van der Waals surface area contributed by atoms with Crippen molar-refractivity contribution in [3.8, 4) is 0 Å². The van der Waals surface area contributed by atoms with E-state index in [4.69, 9.17) is 5.11 Å². The van der Waals surface area contributed by atoms with E-state index in [1.54, 1.807) is 10.8 Å². The lowest BCUT2D eigenvalue weighted by atomic mass is 9.86. The molecule has 0 unspecified atom stereocenters. The average molecular weight is 318 g/mol. The lowest BCUT2D eigenvalue weighted by molar-refractivity contribution is 0.102. The Balaban J connectivity index is 2.01. The first-order valence-electron chi connectivity index (χ1n) is 7.21. The van der Waals surface area contributed by atoms with Gasteiger partial charge in [0.05, 0.1) is 24.3 Å². The van der Waals surface area contributed by atoms with Gasteiger partial charge in [-0.3, -0.25) is 4.79 Å². The summed E-state index contributed by atoms with van der Waals surface area (Å²) in [5.41, 5.74) is 2.76. The highest BCUT2D eigenvalue weighted by molar-refractivity contribution is 7.99. The van der Waals surface area contributed by atoms with Crippen LogP contribution in [0, 0.1) is 0 Å². The van der Waals surface area contributed by atoms with Crippen molar-refractivity contribution in [2.45, 2.75) is 37.9 Å². The molecule has 0 saturated heterocycles. The molecule has 2 aromatic rings. The first-order chi connectivity index (χ1) is 10.3. The minimum atomic E-state index is -0.0493. The third kappa shape index (κ3) is 3.78. The largest absolute Gasteiger partial charge is 0.390 e. The molecule has 0 saturated carbocycles. The van der Waals surface area contributed by atoms with E-state index in [0.29, 0.717) is 5.75 Å². The SMILES string of the molecule is Cn1c(CO)cnc1SCC(=O)c1ccc(C(C)(C)C)cc1. The van der Waals surface area contributed by atoms with Gasteiger partial charge >= 0.3 is 0 Å². The highest BCUT2D eigenvalue weighted by Crippen LogP contribution is 2.23. The van der Waals surface area contributed by atoms with E-state index >= 15 is 0 Å². The summed E-state index contributed by atoms with van der Waals surface area (Å²) in [5, 5.41) is 9.88. The molecule has 0 atom stereocenters. The van der Waals surface area contributed by atoms with Gasteiger partial charge in [0, 0.05) is 12.6 Å². The summed E-state index contributed by atoms with van der Waals surface area (Å²) in [6.45, 7) is 6.41. The molecule has 0 spiro atoms. The summed E-state index contributed by atoms with van der Waals surface area (Å²) in [5.74, 6) is 0.420. The quantitative estimate of drug-likeness (QED) is 0.679. The summed E-state index contributed by atoms with van der Waals surface area (Å²) in [4.78, 5) is 16.5. The molecule has 0 amide bonds. The van der Waals surface area contributed by atoms with E-state index < -0.39 is 0 Å². The number of hydrogen-bond acceptors (Lipinski definition) is 4. The molecule has 1 heterocycles. The van der Waals surface area contributed by atoms with Gasteiger partial charge in [-0.15, -0.1) is 0 Å². The number of imidazole rings is 1. The molecule has 22 heavy (non-hydrogen) atoms. The first-order valence-corrected chi connectivity index (χ1v) is 8.19. The topological polar surface area (TPSA) is 55.1 Å². The van der Waals surface area contributed by atoms with Crippen molar-refractivity contribution in [3.05, 3.63) is 47.3 Å². The van der Waals surface area contributed by atoms with E-state index in [2.05, 4.69) is 25.8 Å². The first kappa shape index (κ1) is 16.8. The third-order valence-corrected chi connectivity index (χ3v) is 4.65. The zero-order valence-corrected chi connectivity index (χ0v) is 14.3. The number of aliphatic hydroxyl groups is 1. The zero-order chi connectivity index (χ0) is 16.3. The number of rotatable bonds is 5. The minimum Gasteiger partial charge on any atom is -0.390 e. The summed E-state index contributed by atoms with van der Waals surface area (Å²) in [7, 11) is 1.84. The lowest BCUT2D eigenvalue weighted by Crippen LogP contribution is -2.11. The summed E-state index contributed by atoms with van der Waals surface area (Å²) in [6.07, 6.45) is 1.63. The molecule has 0 aliphatic heterocycles. The number of hydrogen-bond donors (Lipinski definition) is 1. The molecule has 4 nitrogen and oxygen atoms in total. The molecule has 5 heteroatoms. The Labute approximate surface area is 135 Å². The van der Waals surface area contributed by atoms with Crippen LogP contribution in [-0.4, -0.2) is 26.2 Å². The van der Waals surface area contributed by atoms with Crippen LogP contribution in [0.1, 0.15) is 42.4 Å². The molecule has 1 N–H and O–H groups in total. The van der Waals surface area contributed by atoms with Crippen molar-refractivity contribution < 1.29 is 9.90 Å². The highest BCUT2D eigenvalue weighted by atomic mass is 32.2. The van der Waals surface area contributed by atoms with Crippen LogP contribution in [0.15, 0.2) is 35.6 Å². The molecule has 0 aliphatic rings. The summed E-state index contributed by atoms with van der Waals surface area (Å²) < 4.78 is 1.81. The smallest absolute Gasteiger partial charge is 0.173 e. The van der Waals surface area contributed by atoms with Crippen LogP contribution >= 0.6 is 11.8 Å². The number of thioether (sulfide) groups is 1. The van der Waals surface area contributed by atoms with E-state index in [-0.39, 0.29) is 17.8 Å². The Morgan fingerprint density at radius 2 is 1.91 bits per heavy atom. The lowest BCUT2D eigenvalue weighted by Gasteiger charge is -2.18. The van der Waals surface area contributed by atoms with Gasteiger partial charge in [0.15, 0.2) is 10.9 Å². The maximum absolute atomic E-state index is 12.3. The van der Waals surface area contributed by atoms with Crippen LogP contribution in [0.25, 0.3) is 0 Å². The normalized spacial score (nSPS) is 11.7. The predicted molar refractivity (Wildman–Crippen MR) is 89.3 cm³/mol. The molecule has 0 radical (unpaired) electrons. The molecular weight excluding hydrogens is 296 g/mol. The van der Waals surface area contributed by atoms with Crippen molar-refractivity contribution in [3.63, 3.8) is 0 Å². The van der Waals surface area contributed by atoms with E-state index in [1.165, 1.54) is 17.3 Å². The summed E-state index contributed by atoms with van der Waals surface area (Å²) >= 11 is 1.39. The van der Waals surface area contributed by atoms with Crippen LogP contribution < -0.4 is 0 Å². The number of carbonyl (C=O) groups excluding carboxylic acids is 1. The van der Waals surface area contributed by atoms with Gasteiger partial charge in [-0.05, 0) is 11.0 Å². The number of aromatic nitrogens is 2. The van der Waals surface area contributed by atoms with Gasteiger partial charge in [0.25, 0.3) is 0 Å². The molecule has 1 aromatic heterocycles. The maximum Gasteiger partial charge on any atom is 0.173 e. The van der Waals surface area contributed by atoms with Gasteiger partial charge in [0.2, 0.25) is 0 Å². The zero-order valence-electron chi connectivity index (χ0n) is 13.5. The van der Waals surface area contributed by atoms with E-state index in [9.17, 15) is 4.79 Å². The fourth-order valence-corrected chi connectivity index (χ4v) is 2.94. The predicted octanol–water partition coefficient (Wildman–Crippen LogP) is 3.18. The second-order valence-electron chi connectivity index (χ2n) is 6.29. The Morgan fingerprint density at radius 1 is 1.27 bits per heavy atom. The minimum absolute atomic E-state index is 0.0493. The second kappa shape index (κ2) is 6.67. The Kier molecular flexibility index (Phi) is 5.08. The Hall–Kier alpha value is -1.59. The molecule has 1 aromatic carbocycles. The second-order valence-corrected chi connectivity index (χ2v) is 7.23. The van der Waals surface area contributed by atoms with Gasteiger partial charge < -0.3 is 9.67 Å². The molecule has 0 bridgehead atoms. The number of benzene rings is 1. The molecule has 0 fully saturated rings. The standard InChI is InChI=1S/C17H22N2O2S/c1-17(2,3)13-7-5-12(6-8-13)15(21)11-22-16-18-9-14(10-20)19(16)4/h5-9,20H,10-11H2,1-4H3. The summed E-state index contributed by atoms with van der Waals surface area (Å²) in [6, 6.07) is 7.81. The third-order valence-electron chi connectivity index (χ3n) is 3.61. The number of aliphatic hydroxyl groups excluding tert-OH is 1. The molecule has 2 rings (SSSR count). The average Bonchev–Trinajstić information content (AvgIpc) is 2.84. The monoisotopic (exact) mass is 318 g/mol. The van der Waals surface area contributed by atoms with Crippen molar-refractivity contribution >= 4 is 17.5 Å². The van der Waals surface area contributed by atoms with Gasteiger partial charge in [0.1, 0.15) is 0 Å². The van der Waals surface area contributed by atoms with Crippen molar-refractivity contribution in [1.82, 2.24) is 9.55 Å². The number of Topliss-reactive ketones (excluding diaryl/α,β-unsaturated/α-hetero) is 1. The Morgan fingerprint density at radius 3 is 2.41 bits per heavy atom. The maximum atomic E-state index is 12.3. The van der Waals surface area contributed by atoms with Crippen molar-refractivity contribution in [2.24, 2.45) is 7.05 Å². The molecule has 0 aliphatic carbocycles. The van der Waals surface area contributed by atoms with Crippen LogP contribution in [0.2, 0.25) is 0 Å². The highest BCUT2D eigenvalue weighted by Gasteiger charge is 2.15. The van der Waals surface area contributed by atoms with Crippen LogP contribution in [0.4, 0.5) is 0 Å². The fourth-order valence-electron chi connectivity index (χ4n) is 2.08. The van der Waals surface area contributed by atoms with Crippen LogP contribution in [-0.2, 0) is 19.1 Å². The molecule has 118 valence electrons. The van der Waals surface area contributed by atoms with Crippen molar-refractivity contribution in [2.75, 3.05) is 5.75 Å². The molecular formula is C17H22N2O2S. The number of ketones is 1. The number of nitrogens with zero attached hydrogens (tertiary/aromatic N) is 2. The number of carbonyl (C=O) groups is 1. The van der Waals surface area contributed by atoms with E-state index in [0.717, 1.165) is 16.4 Å². The van der Waals surface area contributed by atoms with Crippen LogP contribution in [0.3, 0.4) is 0 Å².